The number of carboxylic acids is 1. The molecule has 3 aliphatic heterocycles. The Balaban J connectivity index is 1.47. The molecular formula is C25H42O6. The topological polar surface area (TPSA) is 91.8 Å². The number of aliphatic carboxylic acids is 1. The lowest BCUT2D eigenvalue weighted by molar-refractivity contribution is -0.149. The van der Waals surface area contributed by atoms with Crippen LogP contribution in [0.4, 0.5) is 0 Å². The molecule has 3 heterocycles. The van der Waals surface area contributed by atoms with Gasteiger partial charge in [-0.1, -0.05) is 46.3 Å². The summed E-state index contributed by atoms with van der Waals surface area (Å²) in [6.45, 7) is 12.7. The zero-order valence-corrected chi connectivity index (χ0v) is 20.0. The predicted molar refractivity (Wildman–Crippen MR) is 119 cm³/mol. The van der Waals surface area contributed by atoms with Crippen molar-refractivity contribution in [3.8, 4) is 0 Å². The zero-order chi connectivity index (χ0) is 22.9. The minimum atomic E-state index is -0.806. The summed E-state index contributed by atoms with van der Waals surface area (Å²) >= 11 is 0. The molecule has 3 aliphatic rings. The van der Waals surface area contributed by atoms with Gasteiger partial charge in [-0.3, -0.25) is 4.79 Å². The molecule has 0 spiro atoms. The van der Waals surface area contributed by atoms with E-state index in [2.05, 4.69) is 46.8 Å². The van der Waals surface area contributed by atoms with Crippen molar-refractivity contribution >= 4 is 5.97 Å². The number of hydrogen-bond acceptors (Lipinski definition) is 5. The quantitative estimate of drug-likeness (QED) is 0.371. The lowest BCUT2D eigenvalue weighted by Crippen LogP contribution is -2.44. The second-order valence-corrected chi connectivity index (χ2v) is 10.5. The fraction of sp³-hybridized carbons (Fsp3) is 0.880. The minimum absolute atomic E-state index is 0.0144. The van der Waals surface area contributed by atoms with E-state index in [0.29, 0.717) is 17.8 Å². The highest BCUT2D eigenvalue weighted by atomic mass is 16.6. The highest BCUT2D eigenvalue weighted by molar-refractivity contribution is 5.67. The molecule has 6 nitrogen and oxygen atoms in total. The molecule has 0 radical (unpaired) electrons. The lowest BCUT2D eigenvalue weighted by Gasteiger charge is -2.36. The summed E-state index contributed by atoms with van der Waals surface area (Å²) in [6, 6.07) is 0. The zero-order valence-electron chi connectivity index (χ0n) is 20.0. The predicted octanol–water partition coefficient (Wildman–Crippen LogP) is 4.20. The second kappa shape index (κ2) is 9.90. The van der Waals surface area contributed by atoms with Crippen molar-refractivity contribution in [1.82, 2.24) is 0 Å². The lowest BCUT2D eigenvalue weighted by atomic mass is 9.83. The van der Waals surface area contributed by atoms with Gasteiger partial charge < -0.3 is 24.4 Å². The van der Waals surface area contributed by atoms with E-state index in [1.54, 1.807) is 0 Å². The van der Waals surface area contributed by atoms with Gasteiger partial charge in [-0.15, -0.1) is 0 Å². The molecule has 0 aromatic rings. The maximum Gasteiger partial charge on any atom is 0.305 e. The van der Waals surface area contributed by atoms with Crippen molar-refractivity contribution in [2.45, 2.75) is 116 Å². The molecule has 11 unspecified atom stereocenters. The van der Waals surface area contributed by atoms with E-state index >= 15 is 0 Å². The van der Waals surface area contributed by atoms with E-state index in [-0.39, 0.29) is 54.6 Å². The minimum Gasteiger partial charge on any atom is -0.481 e. The molecule has 3 fully saturated rings. The third kappa shape index (κ3) is 5.89. The van der Waals surface area contributed by atoms with Gasteiger partial charge in [0.25, 0.3) is 0 Å². The maximum absolute atomic E-state index is 11.1. The molecule has 0 saturated carbocycles. The van der Waals surface area contributed by atoms with Gasteiger partial charge in [0.1, 0.15) is 11.7 Å². The first-order valence-electron chi connectivity index (χ1n) is 12.1. The smallest absolute Gasteiger partial charge is 0.305 e. The Labute approximate surface area is 187 Å². The molecule has 3 rings (SSSR count). The number of allylic oxidation sites excluding steroid dienone is 1. The van der Waals surface area contributed by atoms with E-state index in [9.17, 15) is 9.90 Å². The van der Waals surface area contributed by atoms with Gasteiger partial charge in [-0.25, -0.2) is 0 Å². The Morgan fingerprint density at radius 1 is 1.23 bits per heavy atom. The fourth-order valence-electron chi connectivity index (χ4n) is 5.69. The first kappa shape index (κ1) is 24.7. The number of aliphatic hydroxyl groups is 1. The Hall–Kier alpha value is -0.950. The summed E-state index contributed by atoms with van der Waals surface area (Å²) in [5.41, 5.74) is -0.369. The van der Waals surface area contributed by atoms with Crippen LogP contribution in [0.15, 0.2) is 12.2 Å². The van der Waals surface area contributed by atoms with E-state index in [0.717, 1.165) is 25.7 Å². The molecule has 178 valence electrons. The average Bonchev–Trinajstić information content (AvgIpc) is 3.58. The molecule has 0 aromatic carbocycles. The van der Waals surface area contributed by atoms with Gasteiger partial charge in [-0.2, -0.15) is 0 Å². The number of epoxide rings is 2. The van der Waals surface area contributed by atoms with Crippen LogP contribution in [-0.2, 0) is 19.0 Å². The van der Waals surface area contributed by atoms with Crippen molar-refractivity contribution in [3.63, 3.8) is 0 Å². The summed E-state index contributed by atoms with van der Waals surface area (Å²) in [4.78, 5) is 11.1. The van der Waals surface area contributed by atoms with Crippen LogP contribution in [-0.4, -0.2) is 58.4 Å². The highest BCUT2D eigenvalue weighted by Crippen LogP contribution is 2.48. The van der Waals surface area contributed by atoms with Gasteiger partial charge in [0.05, 0.1) is 36.9 Å². The van der Waals surface area contributed by atoms with Crippen molar-refractivity contribution in [2.24, 2.45) is 23.7 Å². The Morgan fingerprint density at radius 2 is 1.94 bits per heavy atom. The molecule has 0 aromatic heterocycles. The summed E-state index contributed by atoms with van der Waals surface area (Å²) in [5.74, 6) is 0.577. The van der Waals surface area contributed by atoms with Gasteiger partial charge in [-0.05, 0) is 56.8 Å². The number of ether oxygens (including phenoxy) is 3. The van der Waals surface area contributed by atoms with Gasteiger partial charge >= 0.3 is 5.97 Å². The fourth-order valence-corrected chi connectivity index (χ4v) is 5.69. The standard InChI is InChI=1S/C25H42O6/c1-7-19(17(5)26)16(4)23-20(30-23)12-14(2)8-11-21-25(6,31-21)24-15(3)9-10-18(29-24)13-22(27)28/h8,11,14-21,23-24,26H,7,9-10,12-13H2,1-6H3,(H,27,28). The Bertz CT molecular complexity index is 648. The van der Waals surface area contributed by atoms with E-state index in [4.69, 9.17) is 19.3 Å². The molecule has 31 heavy (non-hydrogen) atoms. The maximum atomic E-state index is 11.1. The number of carbonyl (C=O) groups is 1. The third-order valence-corrected chi connectivity index (χ3v) is 7.78. The molecular weight excluding hydrogens is 396 g/mol. The molecule has 11 atom stereocenters. The first-order valence-corrected chi connectivity index (χ1v) is 12.1. The molecule has 0 bridgehead atoms. The van der Waals surface area contributed by atoms with Gasteiger partial charge in [0.2, 0.25) is 0 Å². The average molecular weight is 439 g/mol. The van der Waals surface area contributed by atoms with Crippen LogP contribution >= 0.6 is 0 Å². The van der Waals surface area contributed by atoms with Crippen LogP contribution < -0.4 is 0 Å². The summed E-state index contributed by atoms with van der Waals surface area (Å²) in [5, 5.41) is 19.1. The first-order chi connectivity index (χ1) is 14.6. The molecule has 2 N–H and O–H groups in total. The summed E-state index contributed by atoms with van der Waals surface area (Å²) in [7, 11) is 0. The van der Waals surface area contributed by atoms with Gasteiger partial charge in [0, 0.05) is 0 Å². The third-order valence-electron chi connectivity index (χ3n) is 7.78. The Morgan fingerprint density at radius 3 is 2.55 bits per heavy atom. The number of hydrogen-bond donors (Lipinski definition) is 2. The SMILES string of the molecule is CCC(C(C)O)C(C)C1OC1CC(C)C=CC1OC1(C)C1OC(CC(=O)O)CCC1C. The molecule has 6 heteroatoms. The van der Waals surface area contributed by atoms with E-state index in [1.807, 2.05) is 6.92 Å². The summed E-state index contributed by atoms with van der Waals surface area (Å²) < 4.78 is 18.2. The van der Waals surface area contributed by atoms with Crippen LogP contribution in [0, 0.1) is 23.7 Å². The number of carboxylic acid groups (broad SMARTS) is 1. The number of rotatable bonds is 11. The number of aliphatic hydroxyl groups excluding tert-OH is 1. The van der Waals surface area contributed by atoms with Crippen LogP contribution in [0.2, 0.25) is 0 Å². The molecule has 3 saturated heterocycles. The monoisotopic (exact) mass is 438 g/mol. The van der Waals surface area contributed by atoms with Crippen LogP contribution in [0.1, 0.15) is 73.6 Å². The van der Waals surface area contributed by atoms with Gasteiger partial charge in [0.15, 0.2) is 0 Å². The Kier molecular flexibility index (Phi) is 7.88. The van der Waals surface area contributed by atoms with Crippen LogP contribution in [0.25, 0.3) is 0 Å². The van der Waals surface area contributed by atoms with Crippen molar-refractivity contribution in [2.75, 3.05) is 0 Å². The van der Waals surface area contributed by atoms with Crippen molar-refractivity contribution in [1.29, 1.82) is 0 Å². The van der Waals surface area contributed by atoms with E-state index < -0.39 is 5.97 Å². The van der Waals surface area contributed by atoms with Crippen LogP contribution in [0.3, 0.4) is 0 Å². The molecule has 0 amide bonds. The molecule has 0 aliphatic carbocycles. The highest BCUT2D eigenvalue weighted by Gasteiger charge is 2.59. The van der Waals surface area contributed by atoms with E-state index in [1.165, 1.54) is 0 Å². The summed E-state index contributed by atoms with van der Waals surface area (Å²) in [6.07, 6.45) is 8.08. The normalized spacial score (nSPS) is 41.5. The second-order valence-electron chi connectivity index (χ2n) is 10.5. The van der Waals surface area contributed by atoms with Crippen molar-refractivity contribution in [3.05, 3.63) is 12.2 Å². The van der Waals surface area contributed by atoms with Crippen molar-refractivity contribution < 1.29 is 29.2 Å². The van der Waals surface area contributed by atoms with Crippen LogP contribution in [0.5, 0.6) is 0 Å². The largest absolute Gasteiger partial charge is 0.481 e.